The van der Waals surface area contributed by atoms with Gasteiger partial charge in [0.05, 0.1) is 16.1 Å². The van der Waals surface area contributed by atoms with Crippen LogP contribution in [0.25, 0.3) is 11.0 Å². The lowest BCUT2D eigenvalue weighted by Gasteiger charge is -2.20. The second kappa shape index (κ2) is 3.24. The molecule has 1 aliphatic heterocycles. The summed E-state index contributed by atoms with van der Waals surface area (Å²) in [5.41, 5.74) is 2.15. The van der Waals surface area contributed by atoms with Crippen LogP contribution in [0.2, 0.25) is 5.02 Å². The van der Waals surface area contributed by atoms with Gasteiger partial charge in [-0.3, -0.25) is 0 Å². The highest BCUT2D eigenvalue weighted by Gasteiger charge is 2.19. The Bertz CT molecular complexity index is 516. The number of fused-ring (bicyclic) bond motifs is 3. The minimum absolute atomic E-state index is 0.744. The summed E-state index contributed by atoms with van der Waals surface area (Å²) in [6.07, 6.45) is 2.30. The topological polar surface area (TPSA) is 17.8 Å². The van der Waals surface area contributed by atoms with Crippen LogP contribution in [-0.2, 0) is 13.0 Å². The SMILES string of the molecule is C[C@@H]1CCn2c(nc3cccc(Cl)c32)C1. The number of aryl methyl sites for hydroxylation is 1. The molecule has 0 fully saturated rings. The summed E-state index contributed by atoms with van der Waals surface area (Å²) in [5, 5.41) is 0.820. The number of imidazole rings is 1. The van der Waals surface area contributed by atoms with Crippen molar-refractivity contribution in [2.45, 2.75) is 26.3 Å². The molecule has 0 bridgehead atoms. The van der Waals surface area contributed by atoms with Gasteiger partial charge in [-0.05, 0) is 24.5 Å². The fourth-order valence-electron chi connectivity index (χ4n) is 2.35. The molecular weight excluding hydrogens is 208 g/mol. The van der Waals surface area contributed by atoms with Crippen LogP contribution in [0.1, 0.15) is 19.2 Å². The minimum Gasteiger partial charge on any atom is -0.327 e. The summed E-state index contributed by atoms with van der Waals surface area (Å²) in [5.74, 6) is 1.94. The molecule has 0 aliphatic carbocycles. The third-order valence-electron chi connectivity index (χ3n) is 3.17. The van der Waals surface area contributed by atoms with E-state index >= 15 is 0 Å². The van der Waals surface area contributed by atoms with Gasteiger partial charge in [-0.25, -0.2) is 4.98 Å². The van der Waals surface area contributed by atoms with Gasteiger partial charge in [-0.1, -0.05) is 24.6 Å². The molecule has 2 aromatic rings. The van der Waals surface area contributed by atoms with Crippen molar-refractivity contribution in [2.24, 2.45) is 5.92 Å². The van der Waals surface area contributed by atoms with Crippen molar-refractivity contribution in [1.82, 2.24) is 9.55 Å². The van der Waals surface area contributed by atoms with Crippen LogP contribution in [0.4, 0.5) is 0 Å². The lowest BCUT2D eigenvalue weighted by Crippen LogP contribution is -2.17. The largest absolute Gasteiger partial charge is 0.327 e. The highest BCUT2D eigenvalue weighted by atomic mass is 35.5. The summed E-state index contributed by atoms with van der Waals surface area (Å²) in [6.45, 7) is 3.33. The summed E-state index contributed by atoms with van der Waals surface area (Å²) in [7, 11) is 0. The molecule has 0 N–H and O–H groups in total. The van der Waals surface area contributed by atoms with Crippen LogP contribution in [0.3, 0.4) is 0 Å². The molecule has 2 heterocycles. The predicted octanol–water partition coefficient (Wildman–Crippen LogP) is 3.27. The van der Waals surface area contributed by atoms with Crippen molar-refractivity contribution in [3.05, 3.63) is 29.0 Å². The maximum Gasteiger partial charge on any atom is 0.110 e. The van der Waals surface area contributed by atoms with E-state index in [1.54, 1.807) is 0 Å². The average Bonchev–Trinajstić information content (AvgIpc) is 2.56. The molecule has 1 aromatic carbocycles. The Morgan fingerprint density at radius 3 is 3.20 bits per heavy atom. The zero-order chi connectivity index (χ0) is 10.4. The molecule has 0 radical (unpaired) electrons. The average molecular weight is 221 g/mol. The van der Waals surface area contributed by atoms with Gasteiger partial charge in [-0.15, -0.1) is 0 Å². The van der Waals surface area contributed by atoms with Gasteiger partial charge in [-0.2, -0.15) is 0 Å². The zero-order valence-electron chi connectivity index (χ0n) is 8.70. The van der Waals surface area contributed by atoms with Crippen LogP contribution < -0.4 is 0 Å². The van der Waals surface area contributed by atoms with E-state index in [0.29, 0.717) is 0 Å². The fraction of sp³-hybridized carbons (Fsp3) is 0.417. The molecule has 1 aromatic heterocycles. The van der Waals surface area contributed by atoms with E-state index in [0.717, 1.165) is 34.9 Å². The van der Waals surface area contributed by atoms with Crippen molar-refractivity contribution in [1.29, 1.82) is 0 Å². The van der Waals surface area contributed by atoms with E-state index in [1.807, 2.05) is 18.2 Å². The third-order valence-corrected chi connectivity index (χ3v) is 3.48. The number of rotatable bonds is 0. The van der Waals surface area contributed by atoms with Crippen LogP contribution in [0.15, 0.2) is 18.2 Å². The Morgan fingerprint density at radius 1 is 1.47 bits per heavy atom. The summed E-state index contributed by atoms with van der Waals surface area (Å²) >= 11 is 6.21. The Morgan fingerprint density at radius 2 is 2.33 bits per heavy atom. The minimum atomic E-state index is 0.744. The van der Waals surface area contributed by atoms with Crippen molar-refractivity contribution >= 4 is 22.6 Å². The first-order chi connectivity index (χ1) is 7.25. The summed E-state index contributed by atoms with van der Waals surface area (Å²) in [6, 6.07) is 5.95. The van der Waals surface area contributed by atoms with Crippen molar-refractivity contribution in [3.8, 4) is 0 Å². The number of hydrogen-bond donors (Lipinski definition) is 0. The highest BCUT2D eigenvalue weighted by molar-refractivity contribution is 6.35. The number of hydrogen-bond acceptors (Lipinski definition) is 1. The number of para-hydroxylation sites is 1. The monoisotopic (exact) mass is 220 g/mol. The molecule has 15 heavy (non-hydrogen) atoms. The van der Waals surface area contributed by atoms with Gasteiger partial charge in [0.15, 0.2) is 0 Å². The lowest BCUT2D eigenvalue weighted by molar-refractivity contribution is 0.415. The first-order valence-corrected chi connectivity index (χ1v) is 5.77. The number of halogens is 1. The Labute approximate surface area is 93.9 Å². The second-order valence-corrected chi connectivity index (χ2v) is 4.79. The highest BCUT2D eigenvalue weighted by Crippen LogP contribution is 2.29. The fourth-order valence-corrected chi connectivity index (χ4v) is 2.62. The lowest BCUT2D eigenvalue weighted by atomic mass is 10.0. The molecule has 0 unspecified atom stereocenters. The maximum absolute atomic E-state index is 6.21. The van der Waals surface area contributed by atoms with Gasteiger partial charge in [0.1, 0.15) is 5.82 Å². The van der Waals surface area contributed by atoms with Crippen LogP contribution >= 0.6 is 11.6 Å². The van der Waals surface area contributed by atoms with E-state index in [1.165, 1.54) is 12.2 Å². The van der Waals surface area contributed by atoms with E-state index in [9.17, 15) is 0 Å². The van der Waals surface area contributed by atoms with Crippen LogP contribution in [0.5, 0.6) is 0 Å². The Balaban J connectivity index is 2.29. The standard InChI is InChI=1S/C12H13ClN2/c1-8-5-6-15-11(7-8)14-10-4-2-3-9(13)12(10)15/h2-4,8H,5-7H2,1H3/t8-/m1/s1. The summed E-state index contributed by atoms with van der Waals surface area (Å²) in [4.78, 5) is 4.64. The zero-order valence-corrected chi connectivity index (χ0v) is 9.46. The normalized spacial score (nSPS) is 20.5. The van der Waals surface area contributed by atoms with Crippen molar-refractivity contribution in [2.75, 3.05) is 0 Å². The van der Waals surface area contributed by atoms with E-state index in [2.05, 4.69) is 16.5 Å². The first-order valence-electron chi connectivity index (χ1n) is 5.39. The van der Waals surface area contributed by atoms with Crippen LogP contribution in [-0.4, -0.2) is 9.55 Å². The number of aromatic nitrogens is 2. The van der Waals surface area contributed by atoms with Gasteiger partial charge in [0, 0.05) is 13.0 Å². The Kier molecular flexibility index (Phi) is 1.99. The molecule has 78 valence electrons. The van der Waals surface area contributed by atoms with Crippen molar-refractivity contribution < 1.29 is 0 Å². The van der Waals surface area contributed by atoms with Crippen molar-refractivity contribution in [3.63, 3.8) is 0 Å². The maximum atomic E-state index is 6.21. The number of benzene rings is 1. The van der Waals surface area contributed by atoms with Crippen LogP contribution in [0, 0.1) is 5.92 Å². The van der Waals surface area contributed by atoms with E-state index < -0.39 is 0 Å². The smallest absolute Gasteiger partial charge is 0.110 e. The second-order valence-electron chi connectivity index (χ2n) is 4.39. The van der Waals surface area contributed by atoms with Gasteiger partial charge in [0.2, 0.25) is 0 Å². The molecule has 0 saturated carbocycles. The number of nitrogens with zero attached hydrogens (tertiary/aromatic N) is 2. The van der Waals surface area contributed by atoms with E-state index in [-0.39, 0.29) is 0 Å². The molecular formula is C12H13ClN2. The van der Waals surface area contributed by atoms with Gasteiger partial charge >= 0.3 is 0 Å². The Hall–Kier alpha value is -1.02. The molecule has 0 spiro atoms. The quantitative estimate of drug-likeness (QED) is 0.666. The molecule has 1 atom stereocenters. The summed E-state index contributed by atoms with van der Waals surface area (Å²) < 4.78 is 2.28. The molecule has 3 heteroatoms. The van der Waals surface area contributed by atoms with Gasteiger partial charge < -0.3 is 4.57 Å². The molecule has 1 aliphatic rings. The third kappa shape index (κ3) is 1.36. The first kappa shape index (κ1) is 9.22. The molecule has 2 nitrogen and oxygen atoms in total. The molecule has 0 saturated heterocycles. The molecule has 3 rings (SSSR count). The predicted molar refractivity (Wildman–Crippen MR) is 62.2 cm³/mol. The molecule has 0 amide bonds. The van der Waals surface area contributed by atoms with E-state index in [4.69, 9.17) is 11.6 Å². The van der Waals surface area contributed by atoms with Gasteiger partial charge in [0.25, 0.3) is 0 Å².